The predicted octanol–water partition coefficient (Wildman–Crippen LogP) is 3.02. The summed E-state index contributed by atoms with van der Waals surface area (Å²) in [5, 5.41) is 0. The Kier molecular flexibility index (Phi) is 4.08. The van der Waals surface area contributed by atoms with Gasteiger partial charge in [0.1, 0.15) is 0 Å². The molecule has 1 fully saturated rings. The molecule has 0 saturated carbocycles. The lowest BCUT2D eigenvalue weighted by atomic mass is 9.73. The fraction of sp³-hybridized carbons (Fsp3) is 0.833. The van der Waals surface area contributed by atoms with Gasteiger partial charge in [0.25, 0.3) is 0 Å². The summed E-state index contributed by atoms with van der Waals surface area (Å²) in [6.45, 7) is 13.0. The lowest BCUT2D eigenvalue weighted by Gasteiger charge is -2.32. The molecule has 0 radical (unpaired) electrons. The summed E-state index contributed by atoms with van der Waals surface area (Å²) in [4.78, 5) is 0. The summed E-state index contributed by atoms with van der Waals surface area (Å²) in [6, 6.07) is 0. The molecule has 0 aromatic rings. The third-order valence-corrected chi connectivity index (χ3v) is 3.35. The molecule has 1 saturated heterocycles. The molecule has 1 rings (SSSR count). The molecule has 92 valence electrons. The van der Waals surface area contributed by atoms with E-state index < -0.39 is 0 Å². The van der Waals surface area contributed by atoms with Crippen molar-refractivity contribution < 1.29 is 14.0 Å². The van der Waals surface area contributed by atoms with Gasteiger partial charge >= 0.3 is 7.12 Å². The number of allylic oxidation sites excluding steroid dienone is 1. The first kappa shape index (κ1) is 13.6. The quantitative estimate of drug-likeness (QED) is 0.544. The van der Waals surface area contributed by atoms with Crippen molar-refractivity contribution in [2.24, 2.45) is 0 Å². The van der Waals surface area contributed by atoms with E-state index in [9.17, 15) is 0 Å². The molecule has 0 aromatic carbocycles. The van der Waals surface area contributed by atoms with Gasteiger partial charge in [-0.25, -0.2) is 0 Å². The van der Waals surface area contributed by atoms with E-state index in [0.29, 0.717) is 6.61 Å². The molecule has 4 heteroatoms. The van der Waals surface area contributed by atoms with Gasteiger partial charge in [0.2, 0.25) is 0 Å². The highest BCUT2D eigenvalue weighted by Gasteiger charge is 2.52. The maximum absolute atomic E-state index is 5.93. The topological polar surface area (TPSA) is 27.7 Å². The summed E-state index contributed by atoms with van der Waals surface area (Å²) in [5.74, 6) is 0.188. The largest absolute Gasteiger partial charge is 0.502 e. The maximum atomic E-state index is 5.93. The van der Waals surface area contributed by atoms with Gasteiger partial charge in [-0.05, 0) is 40.7 Å². The Bertz CT molecular complexity index is 245. The lowest BCUT2D eigenvalue weighted by Crippen LogP contribution is -2.41. The fourth-order valence-corrected chi connectivity index (χ4v) is 1.47. The van der Waals surface area contributed by atoms with Crippen LogP contribution in [-0.4, -0.2) is 24.9 Å². The van der Waals surface area contributed by atoms with Crippen LogP contribution < -0.4 is 0 Å². The Morgan fingerprint density at radius 1 is 1.19 bits per heavy atom. The van der Waals surface area contributed by atoms with Crippen molar-refractivity contribution in [3.63, 3.8) is 0 Å². The minimum atomic E-state index is -0.259. The van der Waals surface area contributed by atoms with Crippen molar-refractivity contribution in [2.75, 3.05) is 6.61 Å². The van der Waals surface area contributed by atoms with Crippen molar-refractivity contribution in [2.45, 2.75) is 58.6 Å². The molecule has 0 bridgehead atoms. The van der Waals surface area contributed by atoms with Crippen LogP contribution in [0.2, 0.25) is 5.82 Å². The van der Waals surface area contributed by atoms with Gasteiger partial charge in [-0.3, -0.25) is 0 Å². The van der Waals surface area contributed by atoms with Crippen LogP contribution in [0.25, 0.3) is 0 Å². The Hall–Kier alpha value is -0.475. The first-order valence-electron chi connectivity index (χ1n) is 5.94. The maximum Gasteiger partial charge on any atom is 0.465 e. The first-order valence-corrected chi connectivity index (χ1v) is 5.94. The molecule has 0 aromatic heterocycles. The molecule has 1 aliphatic heterocycles. The van der Waals surface area contributed by atoms with Crippen molar-refractivity contribution in [1.82, 2.24) is 0 Å². The second kappa shape index (κ2) is 4.80. The minimum absolute atomic E-state index is 0.188. The summed E-state index contributed by atoms with van der Waals surface area (Å²) >= 11 is 0. The van der Waals surface area contributed by atoms with E-state index in [1.54, 1.807) is 6.26 Å². The summed E-state index contributed by atoms with van der Waals surface area (Å²) in [7, 11) is -0.193. The van der Waals surface area contributed by atoms with Crippen LogP contribution in [0, 0.1) is 0 Å². The standard InChI is InChI=1S/C12H23BO3/c1-7-14-9-8-10(2)13-15-11(3,4)12(5,6)16-13/h8-10H,7H2,1-6H3/b9-8+. The van der Waals surface area contributed by atoms with Crippen LogP contribution in [0.15, 0.2) is 12.3 Å². The minimum Gasteiger partial charge on any atom is -0.502 e. The molecule has 1 heterocycles. The van der Waals surface area contributed by atoms with E-state index >= 15 is 0 Å². The summed E-state index contributed by atoms with van der Waals surface area (Å²) < 4.78 is 17.0. The van der Waals surface area contributed by atoms with Crippen molar-refractivity contribution in [3.05, 3.63) is 12.3 Å². The number of hydrogen-bond acceptors (Lipinski definition) is 3. The average Bonchev–Trinajstić information content (AvgIpc) is 2.36. The zero-order chi connectivity index (χ0) is 12.4. The van der Waals surface area contributed by atoms with Crippen molar-refractivity contribution >= 4 is 7.12 Å². The van der Waals surface area contributed by atoms with E-state index in [2.05, 4.69) is 34.6 Å². The predicted molar refractivity (Wildman–Crippen MR) is 66.3 cm³/mol. The molecule has 0 N–H and O–H groups in total. The smallest absolute Gasteiger partial charge is 0.465 e. The van der Waals surface area contributed by atoms with Gasteiger partial charge < -0.3 is 14.0 Å². The van der Waals surface area contributed by atoms with E-state index in [-0.39, 0.29) is 24.1 Å². The Morgan fingerprint density at radius 3 is 2.12 bits per heavy atom. The highest BCUT2D eigenvalue weighted by molar-refractivity contribution is 6.48. The number of rotatable bonds is 4. The molecular weight excluding hydrogens is 203 g/mol. The molecule has 1 aliphatic rings. The summed E-state index contributed by atoms with van der Waals surface area (Å²) in [5.41, 5.74) is -0.517. The van der Waals surface area contributed by atoms with Gasteiger partial charge in [-0.2, -0.15) is 0 Å². The Labute approximate surface area is 99.3 Å². The first-order chi connectivity index (χ1) is 7.30. The second-order valence-corrected chi connectivity index (χ2v) is 5.27. The van der Waals surface area contributed by atoms with Gasteiger partial charge in [-0.15, -0.1) is 0 Å². The SMILES string of the molecule is CCO/C=C/C(C)B1OC(C)(C)C(C)(C)O1. The highest BCUT2D eigenvalue weighted by Crippen LogP contribution is 2.40. The normalized spacial score (nSPS) is 25.0. The molecular formula is C12H23BO3. The van der Waals surface area contributed by atoms with E-state index in [1.807, 2.05) is 13.0 Å². The highest BCUT2D eigenvalue weighted by atomic mass is 16.7. The van der Waals surface area contributed by atoms with Gasteiger partial charge in [0.05, 0.1) is 24.1 Å². The third kappa shape index (κ3) is 2.80. The Morgan fingerprint density at radius 2 is 1.69 bits per heavy atom. The van der Waals surface area contributed by atoms with Crippen molar-refractivity contribution in [3.8, 4) is 0 Å². The average molecular weight is 226 g/mol. The monoisotopic (exact) mass is 226 g/mol. The summed E-state index contributed by atoms with van der Waals surface area (Å²) in [6.07, 6.45) is 3.70. The van der Waals surface area contributed by atoms with Gasteiger partial charge in [-0.1, -0.05) is 6.92 Å². The third-order valence-electron chi connectivity index (χ3n) is 3.35. The van der Waals surface area contributed by atoms with Crippen LogP contribution in [0.5, 0.6) is 0 Å². The van der Waals surface area contributed by atoms with Crippen LogP contribution in [0.1, 0.15) is 41.5 Å². The number of hydrogen-bond donors (Lipinski definition) is 0. The fourth-order valence-electron chi connectivity index (χ4n) is 1.47. The van der Waals surface area contributed by atoms with Crippen LogP contribution in [-0.2, 0) is 14.0 Å². The van der Waals surface area contributed by atoms with E-state index in [0.717, 1.165) is 0 Å². The molecule has 1 atom stereocenters. The molecule has 0 amide bonds. The van der Waals surface area contributed by atoms with Crippen LogP contribution >= 0.6 is 0 Å². The Balaban J connectivity index is 2.58. The van der Waals surface area contributed by atoms with Crippen LogP contribution in [0.4, 0.5) is 0 Å². The van der Waals surface area contributed by atoms with E-state index in [4.69, 9.17) is 14.0 Å². The zero-order valence-electron chi connectivity index (χ0n) is 11.2. The van der Waals surface area contributed by atoms with Crippen molar-refractivity contribution in [1.29, 1.82) is 0 Å². The van der Waals surface area contributed by atoms with Gasteiger partial charge in [0.15, 0.2) is 0 Å². The second-order valence-electron chi connectivity index (χ2n) is 5.27. The molecule has 3 nitrogen and oxygen atoms in total. The molecule has 1 unspecified atom stereocenters. The molecule has 16 heavy (non-hydrogen) atoms. The van der Waals surface area contributed by atoms with Crippen LogP contribution in [0.3, 0.4) is 0 Å². The van der Waals surface area contributed by atoms with Gasteiger partial charge in [0, 0.05) is 5.82 Å². The molecule has 0 spiro atoms. The molecule has 0 aliphatic carbocycles. The number of ether oxygens (including phenoxy) is 1. The van der Waals surface area contributed by atoms with E-state index in [1.165, 1.54) is 0 Å². The zero-order valence-corrected chi connectivity index (χ0v) is 11.2. The lowest BCUT2D eigenvalue weighted by molar-refractivity contribution is 0.00578.